The summed E-state index contributed by atoms with van der Waals surface area (Å²) in [5, 5.41) is 15.0. The maximum Gasteiger partial charge on any atom is 0.490 e. The minimum Gasteiger partial charge on any atom is -0.475 e. The summed E-state index contributed by atoms with van der Waals surface area (Å²) in [6, 6.07) is 9.52. The fourth-order valence-corrected chi connectivity index (χ4v) is 3.11. The molecule has 1 amide bonds. The summed E-state index contributed by atoms with van der Waals surface area (Å²) in [6.45, 7) is 0. The Bertz CT molecular complexity index is 1500. The Kier molecular flexibility index (Phi) is 8.27. The number of aliphatic carboxylic acids is 1. The molecular formula is C23H17F7N6O3. The van der Waals surface area contributed by atoms with E-state index >= 15 is 0 Å². The van der Waals surface area contributed by atoms with E-state index in [1.54, 1.807) is 18.2 Å². The van der Waals surface area contributed by atoms with E-state index in [4.69, 9.17) is 9.90 Å². The minimum atomic E-state index is -5.08. The molecule has 16 heteroatoms. The third-order valence-electron chi connectivity index (χ3n) is 4.87. The standard InChI is InChI=1S/C21H16F4N6O.C2HF3O2/c1-26-20(32)13-6-11(22)2-4-15(13)31-17-8-19(27-9-14(17)21(23,24)25)30-12-3-5-16-18(7-12)29-10-28-16;3-2(4,5)1(6)7/h2-10H,1H3,(H,26,32)(H,28,29)(H2,27,30,31);(H,6,7). The van der Waals surface area contributed by atoms with Crippen LogP contribution in [0.5, 0.6) is 0 Å². The highest BCUT2D eigenvalue weighted by Crippen LogP contribution is 2.37. The minimum absolute atomic E-state index is 0.00674. The van der Waals surface area contributed by atoms with Crippen LogP contribution in [0.1, 0.15) is 15.9 Å². The summed E-state index contributed by atoms with van der Waals surface area (Å²) in [6.07, 6.45) is -7.59. The highest BCUT2D eigenvalue weighted by molar-refractivity contribution is 6.00. The molecule has 4 aromatic rings. The number of aromatic nitrogens is 3. The van der Waals surface area contributed by atoms with Gasteiger partial charge in [-0.1, -0.05) is 0 Å². The Morgan fingerprint density at radius 2 is 1.62 bits per heavy atom. The molecule has 206 valence electrons. The Morgan fingerprint density at radius 3 is 2.23 bits per heavy atom. The average molecular weight is 558 g/mol. The fourth-order valence-electron chi connectivity index (χ4n) is 3.11. The number of carboxylic acids is 1. The van der Waals surface area contributed by atoms with E-state index in [-0.39, 0.29) is 22.8 Å². The molecule has 2 aromatic heterocycles. The first-order chi connectivity index (χ1) is 18.2. The van der Waals surface area contributed by atoms with Crippen molar-refractivity contribution in [1.29, 1.82) is 0 Å². The Labute approximate surface area is 214 Å². The Morgan fingerprint density at radius 1 is 0.923 bits per heavy atom. The molecule has 4 rings (SSSR count). The van der Waals surface area contributed by atoms with Gasteiger partial charge in [-0.05, 0) is 36.4 Å². The van der Waals surface area contributed by atoms with Gasteiger partial charge in [0.05, 0.1) is 39.9 Å². The van der Waals surface area contributed by atoms with Crippen LogP contribution in [0.25, 0.3) is 11.0 Å². The molecule has 0 spiro atoms. The first kappa shape index (κ1) is 28.7. The molecule has 0 atom stereocenters. The van der Waals surface area contributed by atoms with E-state index in [1.807, 2.05) is 0 Å². The number of nitrogens with one attached hydrogen (secondary N) is 4. The lowest BCUT2D eigenvalue weighted by Crippen LogP contribution is -2.21. The summed E-state index contributed by atoms with van der Waals surface area (Å²) in [4.78, 5) is 31.9. The molecule has 0 saturated heterocycles. The molecule has 0 aliphatic heterocycles. The number of alkyl halides is 6. The number of imidazole rings is 1. The van der Waals surface area contributed by atoms with Crippen molar-refractivity contribution >= 4 is 45.8 Å². The number of carboxylic acid groups (broad SMARTS) is 1. The van der Waals surface area contributed by atoms with Gasteiger partial charge in [0, 0.05) is 25.0 Å². The predicted octanol–water partition coefficient (Wildman–Crippen LogP) is 5.60. The summed E-state index contributed by atoms with van der Waals surface area (Å²) in [5.41, 5.74) is 0.517. The van der Waals surface area contributed by atoms with Gasteiger partial charge >= 0.3 is 18.3 Å². The molecule has 0 unspecified atom stereocenters. The molecule has 9 nitrogen and oxygen atoms in total. The van der Waals surface area contributed by atoms with Crippen molar-refractivity contribution in [2.24, 2.45) is 0 Å². The van der Waals surface area contributed by atoms with E-state index in [0.29, 0.717) is 11.9 Å². The number of pyridine rings is 1. The molecule has 2 aromatic carbocycles. The third-order valence-corrected chi connectivity index (χ3v) is 4.87. The monoisotopic (exact) mass is 558 g/mol. The predicted molar refractivity (Wildman–Crippen MR) is 125 cm³/mol. The smallest absolute Gasteiger partial charge is 0.475 e. The van der Waals surface area contributed by atoms with Crippen molar-refractivity contribution in [3.8, 4) is 0 Å². The van der Waals surface area contributed by atoms with Gasteiger partial charge in [0.25, 0.3) is 5.91 Å². The van der Waals surface area contributed by atoms with Crippen LogP contribution in [0.4, 0.5) is 53.6 Å². The number of H-pyrrole nitrogens is 1. The number of anilines is 4. The van der Waals surface area contributed by atoms with E-state index < -0.39 is 35.6 Å². The molecular weight excluding hydrogens is 541 g/mol. The van der Waals surface area contributed by atoms with Gasteiger partial charge in [-0.15, -0.1) is 0 Å². The molecule has 5 N–H and O–H groups in total. The van der Waals surface area contributed by atoms with Crippen molar-refractivity contribution in [1.82, 2.24) is 20.3 Å². The lowest BCUT2D eigenvalue weighted by atomic mass is 10.1. The zero-order valence-electron chi connectivity index (χ0n) is 19.5. The van der Waals surface area contributed by atoms with E-state index in [9.17, 15) is 35.5 Å². The lowest BCUT2D eigenvalue weighted by Gasteiger charge is -2.17. The molecule has 39 heavy (non-hydrogen) atoms. The summed E-state index contributed by atoms with van der Waals surface area (Å²) < 4.78 is 86.1. The van der Waals surface area contributed by atoms with E-state index in [1.165, 1.54) is 19.4 Å². The highest BCUT2D eigenvalue weighted by atomic mass is 19.4. The van der Waals surface area contributed by atoms with Crippen LogP contribution >= 0.6 is 0 Å². The van der Waals surface area contributed by atoms with Crippen molar-refractivity contribution in [3.63, 3.8) is 0 Å². The number of nitrogens with zero attached hydrogens (tertiary/aromatic N) is 2. The molecule has 0 radical (unpaired) electrons. The summed E-state index contributed by atoms with van der Waals surface area (Å²) in [7, 11) is 1.34. The summed E-state index contributed by atoms with van der Waals surface area (Å²) >= 11 is 0. The lowest BCUT2D eigenvalue weighted by molar-refractivity contribution is -0.192. The number of benzene rings is 2. The largest absolute Gasteiger partial charge is 0.490 e. The van der Waals surface area contributed by atoms with Gasteiger partial charge in [0.15, 0.2) is 0 Å². The van der Waals surface area contributed by atoms with Crippen LogP contribution in [0.3, 0.4) is 0 Å². The van der Waals surface area contributed by atoms with Crippen molar-refractivity contribution in [3.05, 3.63) is 71.9 Å². The number of hydrogen-bond donors (Lipinski definition) is 5. The quantitative estimate of drug-likeness (QED) is 0.202. The molecule has 0 aliphatic carbocycles. The Hall–Kier alpha value is -4.89. The summed E-state index contributed by atoms with van der Waals surface area (Å²) in [5.74, 6) is -3.98. The number of halogens is 7. The second-order valence-corrected chi connectivity index (χ2v) is 7.57. The molecule has 0 bridgehead atoms. The number of carbonyl (C=O) groups is 2. The third kappa shape index (κ3) is 7.33. The van der Waals surface area contributed by atoms with E-state index in [0.717, 1.165) is 29.2 Å². The number of amides is 1. The second kappa shape index (κ2) is 11.2. The number of rotatable bonds is 5. The van der Waals surface area contributed by atoms with Crippen LogP contribution in [-0.4, -0.2) is 45.2 Å². The topological polar surface area (TPSA) is 132 Å². The van der Waals surface area contributed by atoms with Gasteiger partial charge in [-0.25, -0.2) is 19.2 Å². The molecule has 0 saturated carbocycles. The second-order valence-electron chi connectivity index (χ2n) is 7.57. The first-order valence-corrected chi connectivity index (χ1v) is 10.5. The zero-order chi connectivity index (χ0) is 29.0. The first-order valence-electron chi connectivity index (χ1n) is 10.5. The van der Waals surface area contributed by atoms with Crippen LogP contribution in [0.15, 0.2) is 55.0 Å². The van der Waals surface area contributed by atoms with Crippen molar-refractivity contribution in [2.45, 2.75) is 12.4 Å². The van der Waals surface area contributed by atoms with Crippen LogP contribution < -0.4 is 16.0 Å². The van der Waals surface area contributed by atoms with Gasteiger partial charge in [-0.3, -0.25) is 4.79 Å². The normalized spacial score (nSPS) is 11.4. The fraction of sp³-hybridized carbons (Fsp3) is 0.130. The Balaban J connectivity index is 0.000000532. The number of fused-ring (bicyclic) bond motifs is 1. The zero-order valence-corrected chi connectivity index (χ0v) is 19.5. The van der Waals surface area contributed by atoms with E-state index in [2.05, 4.69) is 30.9 Å². The van der Waals surface area contributed by atoms with Crippen LogP contribution in [0.2, 0.25) is 0 Å². The number of aromatic amines is 1. The highest BCUT2D eigenvalue weighted by Gasteiger charge is 2.38. The number of hydrogen-bond acceptors (Lipinski definition) is 6. The van der Waals surface area contributed by atoms with Crippen LogP contribution in [0, 0.1) is 5.82 Å². The van der Waals surface area contributed by atoms with Gasteiger partial charge in [0.1, 0.15) is 11.6 Å². The van der Waals surface area contributed by atoms with Gasteiger partial charge in [0.2, 0.25) is 0 Å². The maximum absolute atomic E-state index is 13.6. The maximum atomic E-state index is 13.6. The number of carbonyl (C=O) groups excluding carboxylic acids is 1. The van der Waals surface area contributed by atoms with Gasteiger partial charge in [-0.2, -0.15) is 26.3 Å². The van der Waals surface area contributed by atoms with Crippen molar-refractivity contribution in [2.75, 3.05) is 17.7 Å². The molecule has 2 heterocycles. The molecule has 0 aliphatic rings. The SMILES string of the molecule is CNC(=O)c1cc(F)ccc1Nc1cc(Nc2ccc3nc[nH]c3c2)ncc1C(F)(F)F.O=C(O)C(F)(F)F. The average Bonchev–Trinajstić information content (AvgIpc) is 3.32. The molecule has 0 fully saturated rings. The van der Waals surface area contributed by atoms with Crippen molar-refractivity contribution < 1.29 is 45.4 Å². The van der Waals surface area contributed by atoms with Gasteiger partial charge < -0.3 is 26.0 Å². The van der Waals surface area contributed by atoms with Crippen LogP contribution in [-0.2, 0) is 11.0 Å².